The average molecular weight is 321 g/mol. The van der Waals surface area contributed by atoms with Crippen LogP contribution in [0.25, 0.3) is 0 Å². The first-order valence-corrected chi connectivity index (χ1v) is 7.37. The predicted molar refractivity (Wildman–Crippen MR) is 89.7 cm³/mol. The molecule has 0 spiro atoms. The van der Waals surface area contributed by atoms with E-state index in [-0.39, 0.29) is 18.3 Å². The molecule has 0 bridgehead atoms. The third-order valence-electron chi connectivity index (χ3n) is 3.88. The van der Waals surface area contributed by atoms with Gasteiger partial charge in [0.05, 0.1) is 6.04 Å². The normalized spacial score (nSPS) is 17.6. The Labute approximate surface area is 136 Å². The fourth-order valence-electron chi connectivity index (χ4n) is 2.62. The van der Waals surface area contributed by atoms with Crippen LogP contribution in [0.4, 0.5) is 5.69 Å². The molecule has 0 aliphatic carbocycles. The van der Waals surface area contributed by atoms with Crippen molar-refractivity contribution in [3.8, 4) is 0 Å². The first-order chi connectivity index (χ1) is 10.2. The van der Waals surface area contributed by atoms with Crippen LogP contribution in [0, 0.1) is 6.92 Å². The van der Waals surface area contributed by atoms with E-state index in [9.17, 15) is 4.79 Å². The van der Waals surface area contributed by atoms with Crippen LogP contribution >= 0.6 is 12.4 Å². The van der Waals surface area contributed by atoms with Gasteiger partial charge in [-0.2, -0.15) is 5.10 Å². The highest BCUT2D eigenvalue weighted by Gasteiger charge is 2.17. The number of carbonyl (C=O) groups is 1. The molecule has 6 heteroatoms. The van der Waals surface area contributed by atoms with Crippen molar-refractivity contribution in [3.63, 3.8) is 0 Å². The van der Waals surface area contributed by atoms with E-state index in [1.165, 1.54) is 0 Å². The maximum atomic E-state index is 12.3. The molecule has 0 saturated carbocycles. The molecule has 2 N–H and O–H groups in total. The van der Waals surface area contributed by atoms with Gasteiger partial charge < -0.3 is 10.6 Å². The minimum Gasteiger partial charge on any atom is -0.320 e. The van der Waals surface area contributed by atoms with Crippen LogP contribution in [-0.4, -0.2) is 28.8 Å². The second-order valence-corrected chi connectivity index (χ2v) is 5.45. The summed E-state index contributed by atoms with van der Waals surface area (Å²) in [5.74, 6) is -0.160. The molecule has 1 atom stereocenters. The maximum Gasteiger partial charge on any atom is 0.276 e. The van der Waals surface area contributed by atoms with Crippen molar-refractivity contribution in [3.05, 3.63) is 47.8 Å². The Morgan fingerprint density at radius 2 is 2.18 bits per heavy atom. The summed E-state index contributed by atoms with van der Waals surface area (Å²) in [5, 5.41) is 10.7. The molecule has 22 heavy (non-hydrogen) atoms. The van der Waals surface area contributed by atoms with Gasteiger partial charge in [0.15, 0.2) is 5.69 Å². The van der Waals surface area contributed by atoms with Crippen LogP contribution in [0.15, 0.2) is 36.5 Å². The van der Waals surface area contributed by atoms with Crippen LogP contribution in [0.3, 0.4) is 0 Å². The number of nitrogens with zero attached hydrogens (tertiary/aromatic N) is 2. The number of hydrogen-bond donors (Lipinski definition) is 2. The number of aromatic nitrogens is 2. The molecule has 1 fully saturated rings. The van der Waals surface area contributed by atoms with Gasteiger partial charge in [-0.05, 0) is 44.0 Å². The number of piperidine rings is 1. The Morgan fingerprint density at radius 3 is 2.91 bits per heavy atom. The van der Waals surface area contributed by atoms with E-state index in [1.54, 1.807) is 6.07 Å². The molecule has 2 aromatic rings. The van der Waals surface area contributed by atoms with Gasteiger partial charge in [0.2, 0.25) is 0 Å². The molecule has 1 amide bonds. The van der Waals surface area contributed by atoms with Crippen LogP contribution in [-0.2, 0) is 0 Å². The van der Waals surface area contributed by atoms with Crippen molar-refractivity contribution in [2.45, 2.75) is 25.8 Å². The van der Waals surface area contributed by atoms with E-state index in [1.807, 2.05) is 42.1 Å². The van der Waals surface area contributed by atoms with E-state index in [0.29, 0.717) is 11.7 Å². The monoisotopic (exact) mass is 320 g/mol. The number of nitrogens with one attached hydrogen (secondary N) is 2. The lowest BCUT2D eigenvalue weighted by Gasteiger charge is -2.22. The Balaban J connectivity index is 0.00000176. The topological polar surface area (TPSA) is 59.0 Å². The number of halogens is 1. The number of para-hydroxylation sites is 1. The largest absolute Gasteiger partial charge is 0.320 e. The standard InChI is InChI=1S/C16H20N4O.ClH/c1-12-5-2-3-7-14(12)18-16(21)15-8-10-20(19-15)13-6-4-9-17-11-13;/h2-3,5,7-8,10,13,17H,4,6,9,11H2,1H3,(H,18,21);1H. The minimum atomic E-state index is -0.160. The van der Waals surface area contributed by atoms with Crippen LogP contribution in [0.1, 0.15) is 34.9 Å². The van der Waals surface area contributed by atoms with Gasteiger partial charge in [0.1, 0.15) is 0 Å². The van der Waals surface area contributed by atoms with E-state index in [2.05, 4.69) is 15.7 Å². The lowest BCUT2D eigenvalue weighted by molar-refractivity contribution is 0.102. The van der Waals surface area contributed by atoms with Crippen LogP contribution in [0.2, 0.25) is 0 Å². The molecule has 3 rings (SSSR count). The highest BCUT2D eigenvalue weighted by atomic mass is 35.5. The number of carbonyl (C=O) groups excluding carboxylic acids is 1. The van der Waals surface area contributed by atoms with E-state index >= 15 is 0 Å². The molecule has 0 radical (unpaired) electrons. The lowest BCUT2D eigenvalue weighted by Crippen LogP contribution is -2.32. The summed E-state index contributed by atoms with van der Waals surface area (Å²) in [7, 11) is 0. The number of aryl methyl sites for hydroxylation is 1. The zero-order chi connectivity index (χ0) is 14.7. The van der Waals surface area contributed by atoms with Crippen LogP contribution < -0.4 is 10.6 Å². The number of hydrogen-bond acceptors (Lipinski definition) is 3. The SMILES string of the molecule is Cc1ccccc1NC(=O)c1ccn(C2CCCNC2)n1.Cl. The predicted octanol–water partition coefficient (Wildman–Crippen LogP) is 2.79. The fourth-order valence-corrected chi connectivity index (χ4v) is 2.62. The molecule has 1 aromatic heterocycles. The molecule has 2 heterocycles. The third-order valence-corrected chi connectivity index (χ3v) is 3.88. The summed E-state index contributed by atoms with van der Waals surface area (Å²) in [5.41, 5.74) is 2.34. The summed E-state index contributed by atoms with van der Waals surface area (Å²) in [4.78, 5) is 12.3. The first-order valence-electron chi connectivity index (χ1n) is 7.37. The molecule has 1 saturated heterocycles. The van der Waals surface area contributed by atoms with Crippen molar-refractivity contribution in [2.75, 3.05) is 18.4 Å². The van der Waals surface area contributed by atoms with Crippen molar-refractivity contribution in [1.82, 2.24) is 15.1 Å². The fraction of sp³-hybridized carbons (Fsp3) is 0.375. The molecule has 1 unspecified atom stereocenters. The van der Waals surface area contributed by atoms with Gasteiger partial charge in [0.25, 0.3) is 5.91 Å². The van der Waals surface area contributed by atoms with E-state index in [4.69, 9.17) is 0 Å². The minimum absolute atomic E-state index is 0. The highest BCUT2D eigenvalue weighted by Crippen LogP contribution is 2.17. The van der Waals surface area contributed by atoms with Gasteiger partial charge in [0, 0.05) is 18.4 Å². The summed E-state index contributed by atoms with van der Waals surface area (Å²) in [6, 6.07) is 9.86. The molecule has 118 valence electrons. The van der Waals surface area contributed by atoms with Crippen molar-refractivity contribution in [2.24, 2.45) is 0 Å². The molecule has 1 aliphatic rings. The van der Waals surface area contributed by atoms with Gasteiger partial charge in [-0.1, -0.05) is 18.2 Å². The quantitative estimate of drug-likeness (QED) is 0.914. The van der Waals surface area contributed by atoms with Gasteiger partial charge >= 0.3 is 0 Å². The molecular formula is C16H21ClN4O. The Hall–Kier alpha value is -1.85. The van der Waals surface area contributed by atoms with Gasteiger partial charge in [-0.15, -0.1) is 12.4 Å². The zero-order valence-electron chi connectivity index (χ0n) is 12.6. The second-order valence-electron chi connectivity index (χ2n) is 5.45. The number of anilines is 1. The molecule has 1 aliphatic heterocycles. The number of rotatable bonds is 3. The van der Waals surface area contributed by atoms with Crippen LogP contribution in [0.5, 0.6) is 0 Å². The highest BCUT2D eigenvalue weighted by molar-refractivity contribution is 6.03. The smallest absolute Gasteiger partial charge is 0.276 e. The van der Waals surface area contributed by atoms with Crippen molar-refractivity contribution < 1.29 is 4.79 Å². The Kier molecular flexibility index (Phi) is 5.57. The van der Waals surface area contributed by atoms with Crippen molar-refractivity contribution in [1.29, 1.82) is 0 Å². The maximum absolute atomic E-state index is 12.3. The second kappa shape index (κ2) is 7.42. The van der Waals surface area contributed by atoms with E-state index < -0.39 is 0 Å². The summed E-state index contributed by atoms with van der Waals surface area (Å²) < 4.78 is 1.90. The van der Waals surface area contributed by atoms with Gasteiger partial charge in [-0.3, -0.25) is 9.48 Å². The zero-order valence-corrected chi connectivity index (χ0v) is 13.4. The van der Waals surface area contributed by atoms with Crippen molar-refractivity contribution >= 4 is 24.0 Å². The molecule has 5 nitrogen and oxygen atoms in total. The summed E-state index contributed by atoms with van der Waals surface area (Å²) >= 11 is 0. The Bertz CT molecular complexity index is 635. The summed E-state index contributed by atoms with van der Waals surface area (Å²) in [6.45, 7) is 3.96. The number of amides is 1. The lowest BCUT2D eigenvalue weighted by atomic mass is 10.1. The summed E-state index contributed by atoms with van der Waals surface area (Å²) in [6.07, 6.45) is 4.15. The molecule has 1 aromatic carbocycles. The van der Waals surface area contributed by atoms with Gasteiger partial charge in [-0.25, -0.2) is 0 Å². The number of benzene rings is 1. The van der Waals surface area contributed by atoms with E-state index in [0.717, 1.165) is 37.2 Å². The third kappa shape index (κ3) is 3.67. The average Bonchev–Trinajstić information content (AvgIpc) is 3.00. The first kappa shape index (κ1) is 16.5. The molecular weight excluding hydrogens is 300 g/mol. The Morgan fingerprint density at radius 1 is 1.36 bits per heavy atom.